The highest BCUT2D eigenvalue weighted by Crippen LogP contribution is 2.24. The Kier molecular flexibility index (Phi) is 8.84. The third-order valence-corrected chi connectivity index (χ3v) is 5.06. The second kappa shape index (κ2) is 9.81. The van der Waals surface area contributed by atoms with Gasteiger partial charge >= 0.3 is 0 Å². The number of nitrogens with zero attached hydrogens (tertiary/aromatic N) is 1. The number of hydrogen-bond acceptors (Lipinski definition) is 3. The summed E-state index contributed by atoms with van der Waals surface area (Å²) < 4.78 is 0. The Bertz CT molecular complexity index is 258. The van der Waals surface area contributed by atoms with Crippen LogP contribution in [0.3, 0.4) is 0 Å². The largest absolute Gasteiger partial charge is 0.394 e. The molecule has 0 aliphatic heterocycles. The molecule has 3 nitrogen and oxygen atoms in total. The van der Waals surface area contributed by atoms with E-state index in [0.29, 0.717) is 6.04 Å². The SMILES string of the molecule is CCC(CO)(CCCN(C)CC1CCCCC1)NC(C)C. The van der Waals surface area contributed by atoms with Crippen LogP contribution in [-0.4, -0.2) is 48.3 Å². The molecular formula is C18H38N2O. The van der Waals surface area contributed by atoms with Gasteiger partial charge in [0.15, 0.2) is 0 Å². The van der Waals surface area contributed by atoms with Crippen molar-refractivity contribution >= 4 is 0 Å². The maximum absolute atomic E-state index is 9.78. The highest BCUT2D eigenvalue weighted by atomic mass is 16.3. The first-order valence-electron chi connectivity index (χ1n) is 9.08. The second-order valence-electron chi connectivity index (χ2n) is 7.46. The molecule has 126 valence electrons. The highest BCUT2D eigenvalue weighted by Gasteiger charge is 2.27. The van der Waals surface area contributed by atoms with E-state index in [1.807, 2.05) is 0 Å². The molecule has 0 aromatic heterocycles. The first kappa shape index (κ1) is 18.9. The lowest BCUT2D eigenvalue weighted by Crippen LogP contribution is -2.51. The van der Waals surface area contributed by atoms with Gasteiger partial charge < -0.3 is 15.3 Å². The van der Waals surface area contributed by atoms with Crippen LogP contribution in [0.4, 0.5) is 0 Å². The Morgan fingerprint density at radius 2 is 1.90 bits per heavy atom. The van der Waals surface area contributed by atoms with Crippen molar-refractivity contribution in [2.24, 2.45) is 5.92 Å². The van der Waals surface area contributed by atoms with Crippen LogP contribution in [0.1, 0.15) is 72.1 Å². The Balaban J connectivity index is 2.28. The van der Waals surface area contributed by atoms with Crippen molar-refractivity contribution in [3.05, 3.63) is 0 Å². The van der Waals surface area contributed by atoms with E-state index in [1.165, 1.54) is 38.6 Å². The van der Waals surface area contributed by atoms with E-state index in [1.54, 1.807) is 0 Å². The van der Waals surface area contributed by atoms with Crippen molar-refractivity contribution in [2.75, 3.05) is 26.7 Å². The van der Waals surface area contributed by atoms with Gasteiger partial charge in [0.1, 0.15) is 0 Å². The van der Waals surface area contributed by atoms with Gasteiger partial charge in [-0.15, -0.1) is 0 Å². The zero-order valence-corrected chi connectivity index (χ0v) is 14.8. The van der Waals surface area contributed by atoms with Crippen molar-refractivity contribution in [3.8, 4) is 0 Å². The maximum atomic E-state index is 9.78. The first-order valence-corrected chi connectivity index (χ1v) is 9.08. The monoisotopic (exact) mass is 298 g/mol. The Morgan fingerprint density at radius 3 is 2.43 bits per heavy atom. The summed E-state index contributed by atoms with van der Waals surface area (Å²) in [6, 6.07) is 0.428. The van der Waals surface area contributed by atoms with Gasteiger partial charge in [0.25, 0.3) is 0 Å². The number of nitrogens with one attached hydrogen (secondary N) is 1. The second-order valence-corrected chi connectivity index (χ2v) is 7.46. The van der Waals surface area contributed by atoms with Gasteiger partial charge in [-0.1, -0.05) is 40.0 Å². The molecule has 0 aromatic carbocycles. The predicted octanol–water partition coefficient (Wildman–Crippen LogP) is 3.42. The lowest BCUT2D eigenvalue weighted by Gasteiger charge is -2.35. The molecule has 1 atom stereocenters. The molecule has 0 bridgehead atoms. The topological polar surface area (TPSA) is 35.5 Å². The van der Waals surface area contributed by atoms with Crippen LogP contribution in [0.15, 0.2) is 0 Å². The summed E-state index contributed by atoms with van der Waals surface area (Å²) in [7, 11) is 2.26. The lowest BCUT2D eigenvalue weighted by atomic mass is 9.88. The minimum atomic E-state index is -0.0835. The molecule has 1 rings (SSSR count). The predicted molar refractivity (Wildman–Crippen MR) is 91.7 cm³/mol. The fraction of sp³-hybridized carbons (Fsp3) is 1.00. The number of rotatable bonds is 10. The van der Waals surface area contributed by atoms with E-state index in [0.717, 1.165) is 31.7 Å². The van der Waals surface area contributed by atoms with Crippen molar-refractivity contribution in [2.45, 2.75) is 83.7 Å². The van der Waals surface area contributed by atoms with Gasteiger partial charge in [0, 0.05) is 18.1 Å². The van der Waals surface area contributed by atoms with Crippen LogP contribution in [0.2, 0.25) is 0 Å². The van der Waals surface area contributed by atoms with Crippen molar-refractivity contribution in [1.82, 2.24) is 10.2 Å². The van der Waals surface area contributed by atoms with Crippen molar-refractivity contribution in [3.63, 3.8) is 0 Å². The molecule has 0 aromatic rings. The van der Waals surface area contributed by atoms with E-state index in [2.05, 4.69) is 38.0 Å². The molecule has 0 radical (unpaired) electrons. The minimum absolute atomic E-state index is 0.0835. The summed E-state index contributed by atoms with van der Waals surface area (Å²) in [4.78, 5) is 2.50. The first-order chi connectivity index (χ1) is 10.0. The molecule has 1 unspecified atom stereocenters. The smallest absolute Gasteiger partial charge is 0.0613 e. The van der Waals surface area contributed by atoms with E-state index < -0.39 is 0 Å². The highest BCUT2D eigenvalue weighted by molar-refractivity contribution is 4.87. The van der Waals surface area contributed by atoms with Crippen LogP contribution in [0, 0.1) is 5.92 Å². The van der Waals surface area contributed by atoms with Gasteiger partial charge in [0.2, 0.25) is 0 Å². The van der Waals surface area contributed by atoms with E-state index in [9.17, 15) is 5.11 Å². The Labute approximate surface area is 132 Å². The zero-order chi connectivity index (χ0) is 15.7. The van der Waals surface area contributed by atoms with Gasteiger partial charge in [0.05, 0.1) is 6.61 Å². The minimum Gasteiger partial charge on any atom is -0.394 e. The number of aliphatic hydroxyl groups is 1. The van der Waals surface area contributed by atoms with Crippen LogP contribution in [-0.2, 0) is 0 Å². The van der Waals surface area contributed by atoms with Gasteiger partial charge in [-0.25, -0.2) is 0 Å². The molecule has 0 heterocycles. The standard InChI is InChI=1S/C18H38N2O/c1-5-18(15-21,19-16(2)3)12-9-13-20(4)14-17-10-7-6-8-11-17/h16-17,19,21H,5-15H2,1-4H3. The third-order valence-electron chi connectivity index (χ3n) is 5.06. The molecule has 1 aliphatic rings. The molecule has 1 aliphatic carbocycles. The van der Waals surface area contributed by atoms with Gasteiger partial charge in [-0.2, -0.15) is 0 Å². The van der Waals surface area contributed by atoms with Crippen molar-refractivity contribution in [1.29, 1.82) is 0 Å². The van der Waals surface area contributed by atoms with Gasteiger partial charge in [-0.05, 0) is 51.6 Å². The van der Waals surface area contributed by atoms with E-state index in [-0.39, 0.29) is 12.1 Å². The molecule has 0 saturated heterocycles. The average molecular weight is 299 g/mol. The molecule has 1 fully saturated rings. The van der Waals surface area contributed by atoms with Crippen LogP contribution < -0.4 is 5.32 Å². The van der Waals surface area contributed by atoms with E-state index >= 15 is 0 Å². The molecule has 21 heavy (non-hydrogen) atoms. The maximum Gasteiger partial charge on any atom is 0.0613 e. The molecule has 0 spiro atoms. The molecular weight excluding hydrogens is 260 g/mol. The zero-order valence-electron chi connectivity index (χ0n) is 14.8. The molecule has 0 amide bonds. The summed E-state index contributed by atoms with van der Waals surface area (Å²) in [6.07, 6.45) is 10.4. The quantitative estimate of drug-likeness (QED) is 0.649. The number of hydrogen-bond donors (Lipinski definition) is 2. The molecule has 3 heteroatoms. The fourth-order valence-electron chi connectivity index (χ4n) is 3.79. The lowest BCUT2D eigenvalue weighted by molar-refractivity contribution is 0.129. The summed E-state index contributed by atoms with van der Waals surface area (Å²) in [5, 5.41) is 13.4. The van der Waals surface area contributed by atoms with E-state index in [4.69, 9.17) is 0 Å². The summed E-state index contributed by atoms with van der Waals surface area (Å²) in [6.45, 7) is 9.16. The Morgan fingerprint density at radius 1 is 1.24 bits per heavy atom. The van der Waals surface area contributed by atoms with Crippen LogP contribution in [0.5, 0.6) is 0 Å². The number of aliphatic hydroxyl groups excluding tert-OH is 1. The van der Waals surface area contributed by atoms with Gasteiger partial charge in [-0.3, -0.25) is 0 Å². The third kappa shape index (κ3) is 7.12. The fourth-order valence-corrected chi connectivity index (χ4v) is 3.79. The van der Waals surface area contributed by atoms with Crippen LogP contribution >= 0.6 is 0 Å². The normalized spacial score (nSPS) is 20.1. The molecule has 2 N–H and O–H groups in total. The van der Waals surface area contributed by atoms with Crippen molar-refractivity contribution < 1.29 is 5.11 Å². The van der Waals surface area contributed by atoms with Crippen LogP contribution in [0.25, 0.3) is 0 Å². The summed E-state index contributed by atoms with van der Waals surface area (Å²) in [5.74, 6) is 0.923. The average Bonchev–Trinajstić information content (AvgIpc) is 2.46. The Hall–Kier alpha value is -0.120. The summed E-state index contributed by atoms with van der Waals surface area (Å²) >= 11 is 0. The summed E-state index contributed by atoms with van der Waals surface area (Å²) in [5.41, 5.74) is -0.0835. The molecule has 1 saturated carbocycles.